The highest BCUT2D eigenvalue weighted by atomic mass is 33.1. The molecule has 0 saturated heterocycles. The van der Waals surface area contributed by atoms with Crippen LogP contribution in [-0.4, -0.2) is 121 Å². The summed E-state index contributed by atoms with van der Waals surface area (Å²) in [5.41, 5.74) is 0. The van der Waals surface area contributed by atoms with E-state index in [1.54, 1.807) is 0 Å². The third-order valence-corrected chi connectivity index (χ3v) is 6.98. The predicted octanol–water partition coefficient (Wildman–Crippen LogP) is 6.49. The van der Waals surface area contributed by atoms with Crippen LogP contribution in [0.5, 0.6) is 0 Å². The van der Waals surface area contributed by atoms with E-state index in [1.807, 2.05) is 0 Å². The van der Waals surface area contributed by atoms with Gasteiger partial charge < -0.3 is 20.0 Å². The van der Waals surface area contributed by atoms with E-state index in [-0.39, 0.29) is 43.2 Å². The summed E-state index contributed by atoms with van der Waals surface area (Å²) in [6.07, 6.45) is -19.3. The highest BCUT2D eigenvalue weighted by Crippen LogP contribution is 2.39. The fraction of sp³-hybridized carbons (Fsp3) is 0.750. The normalized spacial score (nSPS) is 14.5. The van der Waals surface area contributed by atoms with Crippen LogP contribution in [-0.2, 0) is 0 Å². The Labute approximate surface area is 237 Å². The van der Waals surface area contributed by atoms with E-state index in [9.17, 15) is 52.7 Å². The van der Waals surface area contributed by atoms with Gasteiger partial charge in [-0.3, -0.25) is 0 Å². The van der Waals surface area contributed by atoms with Gasteiger partial charge >= 0.3 is 24.7 Å². The summed E-state index contributed by atoms with van der Waals surface area (Å²) in [6.45, 7) is 0. The van der Waals surface area contributed by atoms with Crippen LogP contribution in [0.2, 0.25) is 0 Å². The van der Waals surface area contributed by atoms with E-state index in [0.29, 0.717) is 0 Å². The number of halogens is 12. The van der Waals surface area contributed by atoms with E-state index in [1.165, 1.54) is 56.4 Å². The number of hydrogen-bond acceptors (Lipinski definition) is 12. The standard InChI is InChI=1S/2C8H12F6N4S2/c2*1-17(2)15-5(7(9,10)11)19-20-6(8(12,13)14)16-18(3)4/h2*1-4H3. The minimum atomic E-state index is -4.84. The number of hydrazone groups is 4. The summed E-state index contributed by atoms with van der Waals surface area (Å²) >= 11 is 0. The molecule has 0 amide bonds. The molecule has 0 atom stereocenters. The smallest absolute Gasteiger partial charge is 0.302 e. The number of rotatable bonds is 4. The van der Waals surface area contributed by atoms with Crippen molar-refractivity contribution in [2.75, 3.05) is 56.4 Å². The lowest BCUT2D eigenvalue weighted by Crippen LogP contribution is -2.25. The first-order valence-corrected chi connectivity index (χ1v) is 14.0. The Bertz CT molecular complexity index is 748. The van der Waals surface area contributed by atoms with Crippen LogP contribution in [0, 0.1) is 0 Å². The van der Waals surface area contributed by atoms with Crippen LogP contribution >= 0.6 is 43.2 Å². The van der Waals surface area contributed by atoms with E-state index in [0.717, 1.165) is 20.0 Å². The van der Waals surface area contributed by atoms with E-state index in [2.05, 4.69) is 20.4 Å². The van der Waals surface area contributed by atoms with E-state index < -0.39 is 44.9 Å². The molecule has 0 aromatic heterocycles. The van der Waals surface area contributed by atoms with Gasteiger partial charge in [0.15, 0.2) is 0 Å². The van der Waals surface area contributed by atoms with Crippen LogP contribution in [0.1, 0.15) is 0 Å². The fourth-order valence-corrected chi connectivity index (χ4v) is 5.33. The zero-order chi connectivity index (χ0) is 32.3. The third-order valence-electron chi connectivity index (χ3n) is 2.53. The average Bonchev–Trinajstić information content (AvgIpc) is 2.68. The van der Waals surface area contributed by atoms with Crippen molar-refractivity contribution in [2.24, 2.45) is 20.4 Å². The van der Waals surface area contributed by atoms with Crippen LogP contribution in [0.3, 0.4) is 0 Å². The molecule has 0 aromatic carbocycles. The van der Waals surface area contributed by atoms with Crippen molar-refractivity contribution in [3.63, 3.8) is 0 Å². The van der Waals surface area contributed by atoms with Gasteiger partial charge in [0, 0.05) is 56.4 Å². The Morgan fingerprint density at radius 3 is 0.550 bits per heavy atom. The lowest BCUT2D eigenvalue weighted by Gasteiger charge is -2.15. The minimum absolute atomic E-state index is 0.144. The van der Waals surface area contributed by atoms with Crippen molar-refractivity contribution in [2.45, 2.75) is 24.7 Å². The molecular weight excluding hydrogens is 660 g/mol. The van der Waals surface area contributed by atoms with Crippen molar-refractivity contribution >= 4 is 63.4 Å². The second-order valence-electron chi connectivity index (χ2n) is 7.33. The van der Waals surface area contributed by atoms with Crippen molar-refractivity contribution in [1.29, 1.82) is 0 Å². The second-order valence-corrected chi connectivity index (χ2v) is 11.5. The van der Waals surface area contributed by atoms with Crippen molar-refractivity contribution < 1.29 is 52.7 Å². The average molecular weight is 685 g/mol. The molecule has 0 bridgehead atoms. The lowest BCUT2D eigenvalue weighted by atomic mass is 10.7. The number of nitrogens with zero attached hydrogens (tertiary/aromatic N) is 8. The molecule has 0 aliphatic rings. The topological polar surface area (TPSA) is 62.4 Å². The number of hydrogen-bond donors (Lipinski definition) is 0. The largest absolute Gasteiger partial charge is 0.442 e. The molecule has 0 heterocycles. The molecule has 236 valence electrons. The van der Waals surface area contributed by atoms with Gasteiger partial charge in [-0.05, 0) is 43.2 Å². The molecule has 0 unspecified atom stereocenters. The molecule has 0 rings (SSSR count). The highest BCUT2D eigenvalue weighted by Gasteiger charge is 2.43. The third kappa shape index (κ3) is 19.5. The van der Waals surface area contributed by atoms with E-state index in [4.69, 9.17) is 0 Å². The molecule has 0 fully saturated rings. The molecule has 0 saturated carbocycles. The lowest BCUT2D eigenvalue weighted by molar-refractivity contribution is -0.0575. The second kappa shape index (κ2) is 16.8. The van der Waals surface area contributed by atoms with E-state index >= 15 is 0 Å². The van der Waals surface area contributed by atoms with Crippen LogP contribution in [0.4, 0.5) is 52.7 Å². The van der Waals surface area contributed by atoms with Gasteiger partial charge in [-0.1, -0.05) is 0 Å². The monoisotopic (exact) mass is 684 g/mol. The molecule has 0 aromatic rings. The van der Waals surface area contributed by atoms with Crippen molar-refractivity contribution in [1.82, 2.24) is 20.0 Å². The minimum Gasteiger partial charge on any atom is -0.302 e. The van der Waals surface area contributed by atoms with Crippen LogP contribution in [0.15, 0.2) is 20.4 Å². The summed E-state index contributed by atoms with van der Waals surface area (Å²) in [5.74, 6) is 0. The molecule has 0 N–H and O–H groups in total. The van der Waals surface area contributed by atoms with Gasteiger partial charge in [-0.15, -0.1) is 0 Å². The van der Waals surface area contributed by atoms with Gasteiger partial charge in [-0.2, -0.15) is 73.1 Å². The molecule has 0 aliphatic carbocycles. The highest BCUT2D eigenvalue weighted by molar-refractivity contribution is 8.87. The SMILES string of the molecule is CN(C)N=C(SSC(=NN(C)C)C(F)(F)F)C(F)(F)F.CN(C)N=C(SSC(=NN(C)C)C(F)(F)F)C(F)(F)F. The Morgan fingerprint density at radius 1 is 0.350 bits per heavy atom. The maximum Gasteiger partial charge on any atom is 0.442 e. The summed E-state index contributed by atoms with van der Waals surface area (Å²) in [7, 11) is 9.28. The molecule has 8 nitrogen and oxygen atoms in total. The first-order chi connectivity index (χ1) is 17.7. The quantitative estimate of drug-likeness (QED) is 0.110. The van der Waals surface area contributed by atoms with Crippen LogP contribution in [0.25, 0.3) is 0 Å². The molecular formula is C16H24F12N8S4. The zero-order valence-corrected chi connectivity index (χ0v) is 25.0. The zero-order valence-electron chi connectivity index (χ0n) is 21.7. The maximum atomic E-state index is 12.6. The number of alkyl halides is 12. The molecule has 0 aliphatic heterocycles. The summed E-state index contributed by atoms with van der Waals surface area (Å²) in [6, 6.07) is 0. The summed E-state index contributed by atoms with van der Waals surface area (Å²) in [5, 5.41) is 10.3. The molecule has 40 heavy (non-hydrogen) atoms. The van der Waals surface area contributed by atoms with Gasteiger partial charge in [0.05, 0.1) is 0 Å². The predicted molar refractivity (Wildman–Crippen MR) is 139 cm³/mol. The van der Waals surface area contributed by atoms with Crippen molar-refractivity contribution in [3.05, 3.63) is 0 Å². The summed E-state index contributed by atoms with van der Waals surface area (Å²) in [4.78, 5) is 0. The molecule has 0 spiro atoms. The van der Waals surface area contributed by atoms with Gasteiger partial charge in [-0.25, -0.2) is 0 Å². The fourth-order valence-electron chi connectivity index (χ4n) is 1.37. The Balaban J connectivity index is 0. The van der Waals surface area contributed by atoms with Crippen molar-refractivity contribution in [3.8, 4) is 0 Å². The first kappa shape index (κ1) is 40.6. The van der Waals surface area contributed by atoms with Gasteiger partial charge in [0.1, 0.15) is 0 Å². The first-order valence-electron chi connectivity index (χ1n) is 9.69. The summed E-state index contributed by atoms with van der Waals surface area (Å²) < 4.78 is 151. The molecule has 0 radical (unpaired) electrons. The maximum absolute atomic E-state index is 12.6. The van der Waals surface area contributed by atoms with Crippen LogP contribution < -0.4 is 0 Å². The molecule has 24 heteroatoms. The Hall–Kier alpha value is -1.56. The van der Waals surface area contributed by atoms with Gasteiger partial charge in [0.2, 0.25) is 20.2 Å². The van der Waals surface area contributed by atoms with Gasteiger partial charge in [0.25, 0.3) is 0 Å². The Morgan fingerprint density at radius 2 is 0.475 bits per heavy atom. The Kier molecular flexibility index (Phi) is 17.0.